The van der Waals surface area contributed by atoms with E-state index in [4.69, 9.17) is 5.26 Å². The topological polar surface area (TPSA) is 52.9 Å². The second-order valence-electron chi connectivity index (χ2n) is 6.59. The zero-order chi connectivity index (χ0) is 13.4. The third-order valence-electron chi connectivity index (χ3n) is 4.89. The molecule has 96 valence electrons. The summed E-state index contributed by atoms with van der Waals surface area (Å²) in [4.78, 5) is 11.8. The van der Waals surface area contributed by atoms with Gasteiger partial charge >= 0.3 is 0 Å². The van der Waals surface area contributed by atoms with E-state index in [0.717, 1.165) is 0 Å². The summed E-state index contributed by atoms with van der Waals surface area (Å²) in [5.41, 5.74) is 0.556. The molecule has 1 saturated carbocycles. The zero-order valence-electron chi connectivity index (χ0n) is 11.8. The predicted molar refractivity (Wildman–Crippen MR) is 68.0 cm³/mol. The van der Waals surface area contributed by atoms with Gasteiger partial charge in [0, 0.05) is 6.54 Å². The van der Waals surface area contributed by atoms with Crippen molar-refractivity contribution in [3.63, 3.8) is 0 Å². The molecule has 1 aliphatic rings. The van der Waals surface area contributed by atoms with E-state index in [0.29, 0.717) is 12.5 Å². The molecule has 0 heterocycles. The Morgan fingerprint density at radius 2 is 1.76 bits per heavy atom. The first-order valence-corrected chi connectivity index (χ1v) is 6.33. The van der Waals surface area contributed by atoms with Gasteiger partial charge in [-0.1, -0.05) is 41.5 Å². The van der Waals surface area contributed by atoms with Crippen molar-refractivity contribution in [1.29, 1.82) is 5.26 Å². The van der Waals surface area contributed by atoms with E-state index in [1.54, 1.807) is 0 Å². The maximum atomic E-state index is 11.8. The highest BCUT2D eigenvalue weighted by Gasteiger charge is 2.64. The Balaban J connectivity index is 2.49. The van der Waals surface area contributed by atoms with E-state index in [1.165, 1.54) is 0 Å². The molecule has 0 aromatic rings. The van der Waals surface area contributed by atoms with Gasteiger partial charge in [-0.25, -0.2) is 0 Å². The highest BCUT2D eigenvalue weighted by molar-refractivity contribution is 5.81. The molecule has 1 amide bonds. The molecule has 0 aliphatic heterocycles. The standard InChI is InChI=1S/C14H24N2O/c1-9(2)10(7-15)12(17)16-8-11-13(3,4)14(11,5)6/h9-11H,8H2,1-6H3,(H,16,17). The first-order valence-electron chi connectivity index (χ1n) is 6.33. The van der Waals surface area contributed by atoms with Crippen LogP contribution in [-0.4, -0.2) is 12.5 Å². The summed E-state index contributed by atoms with van der Waals surface area (Å²) in [7, 11) is 0. The normalized spacial score (nSPS) is 22.9. The van der Waals surface area contributed by atoms with Crippen LogP contribution in [0.3, 0.4) is 0 Å². The predicted octanol–water partition coefficient (Wildman–Crippen LogP) is 2.58. The van der Waals surface area contributed by atoms with Gasteiger partial charge in [0.25, 0.3) is 0 Å². The lowest BCUT2D eigenvalue weighted by Gasteiger charge is -2.13. The van der Waals surface area contributed by atoms with Crippen molar-refractivity contribution in [2.45, 2.75) is 41.5 Å². The van der Waals surface area contributed by atoms with Crippen LogP contribution in [0.25, 0.3) is 0 Å². The number of carbonyl (C=O) groups excluding carboxylic acids is 1. The number of nitrogens with one attached hydrogen (secondary N) is 1. The van der Waals surface area contributed by atoms with Crippen LogP contribution in [0, 0.1) is 39.9 Å². The molecule has 0 spiro atoms. The van der Waals surface area contributed by atoms with Crippen molar-refractivity contribution in [2.75, 3.05) is 6.54 Å². The van der Waals surface area contributed by atoms with E-state index in [2.05, 4.69) is 39.1 Å². The molecular formula is C14H24N2O. The van der Waals surface area contributed by atoms with Gasteiger partial charge in [-0.3, -0.25) is 4.79 Å². The van der Waals surface area contributed by atoms with Gasteiger partial charge in [0.1, 0.15) is 5.92 Å². The first-order chi connectivity index (χ1) is 7.66. The van der Waals surface area contributed by atoms with Crippen LogP contribution in [0.2, 0.25) is 0 Å². The van der Waals surface area contributed by atoms with Gasteiger partial charge in [-0.2, -0.15) is 5.26 Å². The van der Waals surface area contributed by atoms with Crippen molar-refractivity contribution in [1.82, 2.24) is 5.32 Å². The second kappa shape index (κ2) is 4.33. The number of nitrogens with zero attached hydrogens (tertiary/aromatic N) is 1. The molecule has 0 bridgehead atoms. The van der Waals surface area contributed by atoms with E-state index in [-0.39, 0.29) is 22.7 Å². The van der Waals surface area contributed by atoms with Crippen LogP contribution in [-0.2, 0) is 4.79 Å². The number of hydrogen-bond acceptors (Lipinski definition) is 2. The van der Waals surface area contributed by atoms with Crippen molar-refractivity contribution in [2.24, 2.45) is 28.6 Å². The quantitative estimate of drug-likeness (QED) is 0.815. The lowest BCUT2D eigenvalue weighted by Crippen LogP contribution is -2.34. The van der Waals surface area contributed by atoms with Crippen molar-refractivity contribution < 1.29 is 4.79 Å². The van der Waals surface area contributed by atoms with Gasteiger partial charge in [0.2, 0.25) is 5.91 Å². The van der Waals surface area contributed by atoms with Crippen LogP contribution in [0.1, 0.15) is 41.5 Å². The minimum atomic E-state index is -0.528. The summed E-state index contributed by atoms with van der Waals surface area (Å²) in [6, 6.07) is 2.07. The first kappa shape index (κ1) is 14.0. The molecule has 1 rings (SSSR count). The van der Waals surface area contributed by atoms with Crippen LogP contribution >= 0.6 is 0 Å². The number of nitriles is 1. The lowest BCUT2D eigenvalue weighted by atomic mass is 9.96. The molecule has 1 N–H and O–H groups in total. The Morgan fingerprint density at radius 3 is 2.06 bits per heavy atom. The van der Waals surface area contributed by atoms with Gasteiger partial charge in [-0.15, -0.1) is 0 Å². The lowest BCUT2D eigenvalue weighted by molar-refractivity contribution is -0.124. The minimum Gasteiger partial charge on any atom is -0.355 e. The Hall–Kier alpha value is -1.04. The number of hydrogen-bond donors (Lipinski definition) is 1. The van der Waals surface area contributed by atoms with Crippen LogP contribution in [0.5, 0.6) is 0 Å². The van der Waals surface area contributed by atoms with Crippen molar-refractivity contribution in [3.05, 3.63) is 0 Å². The van der Waals surface area contributed by atoms with Crippen LogP contribution < -0.4 is 5.32 Å². The van der Waals surface area contributed by atoms with Crippen LogP contribution in [0.4, 0.5) is 0 Å². The smallest absolute Gasteiger partial charge is 0.237 e. The highest BCUT2D eigenvalue weighted by Crippen LogP contribution is 2.67. The Bertz CT molecular complexity index is 336. The fourth-order valence-electron chi connectivity index (χ4n) is 2.67. The van der Waals surface area contributed by atoms with Crippen molar-refractivity contribution >= 4 is 5.91 Å². The Kier molecular flexibility index (Phi) is 3.57. The summed E-state index contributed by atoms with van der Waals surface area (Å²) in [6.07, 6.45) is 0. The molecule has 1 aliphatic carbocycles. The molecule has 0 radical (unpaired) electrons. The van der Waals surface area contributed by atoms with E-state index in [1.807, 2.05) is 13.8 Å². The summed E-state index contributed by atoms with van der Waals surface area (Å²) in [6.45, 7) is 13.4. The van der Waals surface area contributed by atoms with Gasteiger partial charge in [-0.05, 0) is 22.7 Å². The summed E-state index contributed by atoms with van der Waals surface area (Å²) in [5, 5.41) is 11.9. The molecule has 1 unspecified atom stereocenters. The highest BCUT2D eigenvalue weighted by atomic mass is 16.1. The average molecular weight is 236 g/mol. The monoisotopic (exact) mass is 236 g/mol. The molecule has 0 saturated heterocycles. The van der Waals surface area contributed by atoms with Crippen molar-refractivity contribution in [3.8, 4) is 6.07 Å². The van der Waals surface area contributed by atoms with E-state index in [9.17, 15) is 4.79 Å². The maximum absolute atomic E-state index is 11.8. The maximum Gasteiger partial charge on any atom is 0.237 e. The second-order valence-corrected chi connectivity index (χ2v) is 6.59. The third kappa shape index (κ3) is 2.31. The molecule has 17 heavy (non-hydrogen) atoms. The number of amides is 1. The van der Waals surface area contributed by atoms with Gasteiger partial charge in [0.05, 0.1) is 6.07 Å². The molecule has 0 aromatic heterocycles. The van der Waals surface area contributed by atoms with Gasteiger partial charge in [0.15, 0.2) is 0 Å². The molecule has 1 atom stereocenters. The fourth-order valence-corrected chi connectivity index (χ4v) is 2.67. The fraction of sp³-hybridized carbons (Fsp3) is 0.857. The Labute approximate surface area is 105 Å². The molecule has 0 aromatic carbocycles. The summed E-state index contributed by atoms with van der Waals surface area (Å²) < 4.78 is 0. The SMILES string of the molecule is CC(C)C(C#N)C(=O)NCC1C(C)(C)C1(C)C. The van der Waals surface area contributed by atoms with Gasteiger partial charge < -0.3 is 5.32 Å². The Morgan fingerprint density at radius 1 is 1.29 bits per heavy atom. The number of carbonyl (C=O) groups is 1. The molecule has 1 fully saturated rings. The minimum absolute atomic E-state index is 0.0697. The largest absolute Gasteiger partial charge is 0.355 e. The average Bonchev–Trinajstić information content (AvgIpc) is 2.55. The molecule has 3 heteroatoms. The molecule has 3 nitrogen and oxygen atoms in total. The van der Waals surface area contributed by atoms with Crippen LogP contribution in [0.15, 0.2) is 0 Å². The third-order valence-corrected chi connectivity index (χ3v) is 4.89. The molecular weight excluding hydrogens is 212 g/mol. The zero-order valence-corrected chi connectivity index (χ0v) is 11.8. The van der Waals surface area contributed by atoms with E-state index >= 15 is 0 Å². The summed E-state index contributed by atoms with van der Waals surface area (Å²) in [5.74, 6) is -0.0772. The van der Waals surface area contributed by atoms with E-state index < -0.39 is 5.92 Å². The number of rotatable bonds is 4. The summed E-state index contributed by atoms with van der Waals surface area (Å²) >= 11 is 0.